The van der Waals surface area contributed by atoms with Crippen molar-refractivity contribution in [2.24, 2.45) is 0 Å². The van der Waals surface area contributed by atoms with Crippen LogP contribution < -0.4 is 5.32 Å². The molecule has 2 aromatic rings. The fraction of sp³-hybridized carbons (Fsp3) is 0.368. The highest BCUT2D eigenvalue weighted by molar-refractivity contribution is 6.30. The fourth-order valence-corrected chi connectivity index (χ4v) is 3.24. The SMILES string of the molecule is CNC(c1cc(Cl)ccc1C)c1c(C)c(C)cc(C)c1C. The van der Waals surface area contributed by atoms with Crippen molar-refractivity contribution in [3.8, 4) is 0 Å². The first-order chi connectivity index (χ1) is 9.86. The maximum atomic E-state index is 6.22. The molecule has 0 radical (unpaired) electrons. The van der Waals surface area contributed by atoms with E-state index < -0.39 is 0 Å². The van der Waals surface area contributed by atoms with Gasteiger partial charge >= 0.3 is 0 Å². The van der Waals surface area contributed by atoms with E-state index in [0.29, 0.717) is 0 Å². The minimum absolute atomic E-state index is 0.169. The molecule has 0 heterocycles. The molecule has 112 valence electrons. The van der Waals surface area contributed by atoms with Gasteiger partial charge in [0.1, 0.15) is 0 Å². The van der Waals surface area contributed by atoms with Crippen LogP contribution in [0.15, 0.2) is 24.3 Å². The molecule has 0 spiro atoms. The molecule has 2 rings (SSSR count). The fourth-order valence-electron chi connectivity index (χ4n) is 3.06. The second-order valence-electron chi connectivity index (χ2n) is 5.90. The Morgan fingerprint density at radius 3 is 1.95 bits per heavy atom. The molecule has 0 amide bonds. The predicted molar refractivity (Wildman–Crippen MR) is 92.5 cm³/mol. The molecule has 1 N–H and O–H groups in total. The highest BCUT2D eigenvalue weighted by atomic mass is 35.5. The van der Waals surface area contributed by atoms with Crippen LogP contribution in [-0.2, 0) is 0 Å². The number of benzene rings is 2. The van der Waals surface area contributed by atoms with Crippen molar-refractivity contribution in [2.75, 3.05) is 7.05 Å². The van der Waals surface area contributed by atoms with E-state index in [1.807, 2.05) is 13.1 Å². The lowest BCUT2D eigenvalue weighted by molar-refractivity contribution is 0.677. The predicted octanol–water partition coefficient (Wildman–Crippen LogP) is 5.19. The van der Waals surface area contributed by atoms with Crippen molar-refractivity contribution in [1.29, 1.82) is 0 Å². The van der Waals surface area contributed by atoms with Gasteiger partial charge in [-0.15, -0.1) is 0 Å². The van der Waals surface area contributed by atoms with Crippen molar-refractivity contribution < 1.29 is 0 Å². The first-order valence-electron chi connectivity index (χ1n) is 7.37. The lowest BCUT2D eigenvalue weighted by atomic mass is 9.85. The van der Waals surface area contributed by atoms with Gasteiger partial charge in [0.05, 0.1) is 6.04 Å². The van der Waals surface area contributed by atoms with Crippen LogP contribution in [0, 0.1) is 34.6 Å². The normalized spacial score (nSPS) is 12.5. The molecule has 1 unspecified atom stereocenters. The van der Waals surface area contributed by atoms with E-state index in [2.05, 4.69) is 58.1 Å². The van der Waals surface area contributed by atoms with Crippen molar-refractivity contribution >= 4 is 11.6 Å². The van der Waals surface area contributed by atoms with Crippen LogP contribution in [0.5, 0.6) is 0 Å². The zero-order valence-electron chi connectivity index (χ0n) is 13.8. The number of hydrogen-bond acceptors (Lipinski definition) is 1. The maximum absolute atomic E-state index is 6.22. The van der Waals surface area contributed by atoms with Crippen LogP contribution in [0.4, 0.5) is 0 Å². The van der Waals surface area contributed by atoms with Crippen LogP contribution in [-0.4, -0.2) is 7.05 Å². The van der Waals surface area contributed by atoms with Gasteiger partial charge in [-0.2, -0.15) is 0 Å². The average Bonchev–Trinajstić information content (AvgIpc) is 2.44. The Morgan fingerprint density at radius 2 is 1.43 bits per heavy atom. The van der Waals surface area contributed by atoms with Gasteiger partial charge in [-0.3, -0.25) is 0 Å². The molecule has 2 heteroatoms. The average molecular weight is 302 g/mol. The monoisotopic (exact) mass is 301 g/mol. The summed E-state index contributed by atoms with van der Waals surface area (Å²) >= 11 is 6.22. The van der Waals surface area contributed by atoms with Crippen LogP contribution in [0.25, 0.3) is 0 Å². The molecule has 0 bridgehead atoms. The molecule has 0 saturated heterocycles. The Balaban J connectivity index is 2.70. The van der Waals surface area contributed by atoms with Crippen LogP contribution in [0.1, 0.15) is 45.0 Å². The zero-order chi connectivity index (χ0) is 15.7. The van der Waals surface area contributed by atoms with Crippen LogP contribution in [0.3, 0.4) is 0 Å². The standard InChI is InChI=1S/C19H24ClN/c1-11-7-8-16(20)10-17(11)19(21-6)18-14(4)12(2)9-13(3)15(18)5/h7-10,19,21H,1-6H3. The van der Waals surface area contributed by atoms with E-state index in [-0.39, 0.29) is 6.04 Å². The molecular weight excluding hydrogens is 278 g/mol. The molecular formula is C19H24ClN. The largest absolute Gasteiger partial charge is 0.309 e. The van der Waals surface area contributed by atoms with E-state index in [1.165, 1.54) is 38.9 Å². The van der Waals surface area contributed by atoms with Gasteiger partial charge < -0.3 is 5.32 Å². The third kappa shape index (κ3) is 3.00. The third-order valence-corrected chi connectivity index (χ3v) is 4.79. The minimum Gasteiger partial charge on any atom is -0.309 e. The van der Waals surface area contributed by atoms with Crippen molar-refractivity contribution in [2.45, 2.75) is 40.7 Å². The Bertz CT molecular complexity index is 648. The first-order valence-corrected chi connectivity index (χ1v) is 7.75. The van der Waals surface area contributed by atoms with E-state index in [1.54, 1.807) is 0 Å². The van der Waals surface area contributed by atoms with E-state index >= 15 is 0 Å². The summed E-state index contributed by atoms with van der Waals surface area (Å²) in [4.78, 5) is 0. The van der Waals surface area contributed by atoms with Gasteiger partial charge in [0.15, 0.2) is 0 Å². The lowest BCUT2D eigenvalue weighted by Crippen LogP contribution is -2.21. The van der Waals surface area contributed by atoms with Gasteiger partial charge in [-0.1, -0.05) is 23.7 Å². The third-order valence-electron chi connectivity index (χ3n) is 4.55. The molecule has 0 aromatic heterocycles. The summed E-state index contributed by atoms with van der Waals surface area (Å²) in [5.74, 6) is 0. The number of nitrogens with one attached hydrogen (secondary N) is 1. The topological polar surface area (TPSA) is 12.0 Å². The summed E-state index contributed by atoms with van der Waals surface area (Å²) in [6.07, 6.45) is 0. The number of rotatable bonds is 3. The smallest absolute Gasteiger partial charge is 0.0582 e. The van der Waals surface area contributed by atoms with Crippen LogP contribution >= 0.6 is 11.6 Å². The van der Waals surface area contributed by atoms with E-state index in [9.17, 15) is 0 Å². The zero-order valence-corrected chi connectivity index (χ0v) is 14.5. The van der Waals surface area contributed by atoms with Crippen molar-refractivity contribution in [3.05, 3.63) is 68.2 Å². The summed E-state index contributed by atoms with van der Waals surface area (Å²) in [5, 5.41) is 4.27. The molecule has 21 heavy (non-hydrogen) atoms. The highest BCUT2D eigenvalue weighted by Gasteiger charge is 2.20. The molecule has 0 aliphatic heterocycles. The number of hydrogen-bond donors (Lipinski definition) is 1. The Labute approximate surface area is 133 Å². The van der Waals surface area contributed by atoms with Crippen LogP contribution in [0.2, 0.25) is 5.02 Å². The molecule has 0 fully saturated rings. The summed E-state index contributed by atoms with van der Waals surface area (Å²) < 4.78 is 0. The Morgan fingerprint density at radius 1 is 0.857 bits per heavy atom. The molecule has 2 aromatic carbocycles. The van der Waals surface area contributed by atoms with Gasteiger partial charge in [-0.05, 0) is 92.7 Å². The van der Waals surface area contributed by atoms with Gasteiger partial charge in [0.2, 0.25) is 0 Å². The molecule has 0 aliphatic carbocycles. The summed E-state index contributed by atoms with van der Waals surface area (Å²) in [7, 11) is 2.02. The molecule has 1 atom stereocenters. The Kier molecular flexibility index (Phi) is 4.75. The van der Waals surface area contributed by atoms with Crippen molar-refractivity contribution in [1.82, 2.24) is 5.32 Å². The highest BCUT2D eigenvalue weighted by Crippen LogP contribution is 2.33. The second-order valence-corrected chi connectivity index (χ2v) is 6.33. The molecule has 1 nitrogen and oxygen atoms in total. The van der Waals surface area contributed by atoms with E-state index in [4.69, 9.17) is 11.6 Å². The summed E-state index contributed by atoms with van der Waals surface area (Å²) in [6, 6.07) is 8.56. The lowest BCUT2D eigenvalue weighted by Gasteiger charge is -2.25. The van der Waals surface area contributed by atoms with E-state index in [0.717, 1.165) is 5.02 Å². The molecule has 0 aliphatic rings. The van der Waals surface area contributed by atoms with Gasteiger partial charge in [-0.25, -0.2) is 0 Å². The van der Waals surface area contributed by atoms with Crippen molar-refractivity contribution in [3.63, 3.8) is 0 Å². The number of aryl methyl sites for hydroxylation is 3. The first kappa shape index (κ1) is 16.1. The summed E-state index contributed by atoms with van der Waals surface area (Å²) in [6.45, 7) is 10.9. The van der Waals surface area contributed by atoms with Gasteiger partial charge in [0.25, 0.3) is 0 Å². The Hall–Kier alpha value is -1.31. The maximum Gasteiger partial charge on any atom is 0.0582 e. The molecule has 0 saturated carbocycles. The second kappa shape index (κ2) is 6.21. The summed E-state index contributed by atoms with van der Waals surface area (Å²) in [5.41, 5.74) is 9.29. The van der Waals surface area contributed by atoms with Gasteiger partial charge in [0, 0.05) is 5.02 Å². The number of halogens is 1. The quantitative estimate of drug-likeness (QED) is 0.822. The minimum atomic E-state index is 0.169.